The third-order valence-electron chi connectivity index (χ3n) is 3.43. The van der Waals surface area contributed by atoms with E-state index >= 15 is 0 Å². The first kappa shape index (κ1) is 12.9. The summed E-state index contributed by atoms with van der Waals surface area (Å²) in [5, 5.41) is 1.61. The highest BCUT2D eigenvalue weighted by molar-refractivity contribution is 7.11. The van der Waals surface area contributed by atoms with E-state index in [-0.39, 0.29) is 5.56 Å². The summed E-state index contributed by atoms with van der Waals surface area (Å²) in [5.41, 5.74) is 6.02. The predicted molar refractivity (Wildman–Crippen MR) is 85.4 cm³/mol. The zero-order valence-electron chi connectivity index (χ0n) is 11.3. The van der Waals surface area contributed by atoms with Crippen molar-refractivity contribution in [3.63, 3.8) is 0 Å². The molecule has 2 N–H and O–H groups in total. The topological polar surface area (TPSA) is 48.0 Å². The molecule has 0 radical (unpaired) electrons. The quantitative estimate of drug-likeness (QED) is 0.802. The molecule has 0 unspecified atom stereocenters. The molecule has 1 aromatic carbocycles. The lowest BCUT2D eigenvalue weighted by Crippen LogP contribution is -2.23. The van der Waals surface area contributed by atoms with Crippen LogP contribution in [0.25, 0.3) is 10.8 Å². The Hall–Kier alpha value is -2.07. The van der Waals surface area contributed by atoms with Crippen molar-refractivity contribution in [2.24, 2.45) is 0 Å². The first-order chi connectivity index (χ1) is 9.69. The number of aryl methyl sites for hydroxylation is 1. The third-order valence-corrected chi connectivity index (χ3v) is 4.65. The number of aromatic nitrogens is 1. The Kier molecular flexibility index (Phi) is 3.32. The normalized spacial score (nSPS) is 11.1. The lowest BCUT2D eigenvalue weighted by Gasteiger charge is -2.10. The molecule has 3 nitrogen and oxygen atoms in total. The summed E-state index contributed by atoms with van der Waals surface area (Å²) in [4.78, 5) is 15.0. The molecular formula is C16H16N2OS. The zero-order valence-corrected chi connectivity index (χ0v) is 12.1. The number of thiophene rings is 1. The fourth-order valence-electron chi connectivity index (χ4n) is 2.33. The molecule has 0 saturated heterocycles. The predicted octanol–water partition coefficient (Wildman–Crippen LogP) is 3.26. The van der Waals surface area contributed by atoms with E-state index in [1.54, 1.807) is 15.9 Å². The molecule has 0 saturated carbocycles. The average molecular weight is 284 g/mol. The molecule has 20 heavy (non-hydrogen) atoms. The number of rotatable bonds is 3. The third kappa shape index (κ3) is 2.23. The van der Waals surface area contributed by atoms with E-state index in [0.29, 0.717) is 17.7 Å². The van der Waals surface area contributed by atoms with Crippen molar-refractivity contribution >= 4 is 27.9 Å². The van der Waals surface area contributed by atoms with Crippen molar-refractivity contribution in [3.05, 3.63) is 62.6 Å². The summed E-state index contributed by atoms with van der Waals surface area (Å²) >= 11 is 1.74. The van der Waals surface area contributed by atoms with Gasteiger partial charge in [-0.15, -0.1) is 11.3 Å². The Bertz CT molecular complexity index is 817. The molecule has 0 aliphatic heterocycles. The molecule has 3 rings (SSSR count). The summed E-state index contributed by atoms with van der Waals surface area (Å²) < 4.78 is 1.65. The molecule has 2 aromatic heterocycles. The number of hydrogen-bond acceptors (Lipinski definition) is 3. The highest BCUT2D eigenvalue weighted by Gasteiger charge is 2.08. The van der Waals surface area contributed by atoms with Gasteiger partial charge in [0, 0.05) is 15.1 Å². The molecule has 3 aromatic rings. The fourth-order valence-corrected chi connectivity index (χ4v) is 3.28. The summed E-state index contributed by atoms with van der Waals surface area (Å²) in [6, 6.07) is 13.6. The molecule has 0 bridgehead atoms. The molecule has 0 spiro atoms. The largest absolute Gasteiger partial charge is 0.385 e. The monoisotopic (exact) mass is 284 g/mol. The first-order valence-corrected chi connectivity index (χ1v) is 7.46. The van der Waals surface area contributed by atoms with Crippen LogP contribution >= 0.6 is 11.3 Å². The van der Waals surface area contributed by atoms with Gasteiger partial charge in [-0.05, 0) is 36.1 Å². The first-order valence-electron chi connectivity index (χ1n) is 6.64. The summed E-state index contributed by atoms with van der Waals surface area (Å²) in [6.45, 7) is 2.67. The molecular weight excluding hydrogens is 268 g/mol. The van der Waals surface area contributed by atoms with E-state index in [4.69, 9.17) is 5.73 Å². The number of fused-ring (bicyclic) bond motifs is 1. The lowest BCUT2D eigenvalue weighted by molar-refractivity contribution is 0.792. The number of hydrogen-bond donors (Lipinski definition) is 1. The van der Waals surface area contributed by atoms with E-state index in [1.165, 1.54) is 4.88 Å². The van der Waals surface area contributed by atoms with Gasteiger partial charge in [-0.2, -0.15) is 0 Å². The van der Waals surface area contributed by atoms with Crippen molar-refractivity contribution in [1.29, 1.82) is 0 Å². The van der Waals surface area contributed by atoms with E-state index in [1.807, 2.05) is 30.3 Å². The number of pyridine rings is 1. The van der Waals surface area contributed by atoms with Crippen LogP contribution in [0.1, 0.15) is 16.7 Å². The van der Waals surface area contributed by atoms with Crippen LogP contribution in [0.5, 0.6) is 0 Å². The van der Waals surface area contributed by atoms with Gasteiger partial charge in [-0.25, -0.2) is 0 Å². The van der Waals surface area contributed by atoms with Crippen LogP contribution in [0.3, 0.4) is 0 Å². The molecule has 0 amide bonds. The number of benzene rings is 1. The van der Waals surface area contributed by atoms with Gasteiger partial charge in [0.1, 0.15) is 5.82 Å². The van der Waals surface area contributed by atoms with Crippen LogP contribution in [0.4, 0.5) is 5.82 Å². The minimum absolute atomic E-state index is 0.0213. The number of nitrogens with zero attached hydrogens (tertiary/aromatic N) is 1. The van der Waals surface area contributed by atoms with Crippen LogP contribution in [0.2, 0.25) is 0 Å². The average Bonchev–Trinajstić information content (AvgIpc) is 2.91. The lowest BCUT2D eigenvalue weighted by atomic mass is 10.1. The molecule has 2 heterocycles. The second kappa shape index (κ2) is 5.13. The molecule has 0 aliphatic rings. The highest BCUT2D eigenvalue weighted by atomic mass is 32.1. The smallest absolute Gasteiger partial charge is 0.260 e. The van der Waals surface area contributed by atoms with Crippen molar-refractivity contribution in [2.75, 3.05) is 5.73 Å². The van der Waals surface area contributed by atoms with Crippen molar-refractivity contribution < 1.29 is 0 Å². The minimum atomic E-state index is -0.0213. The van der Waals surface area contributed by atoms with Crippen LogP contribution in [-0.2, 0) is 13.0 Å². The number of nitrogens with two attached hydrogens (primary N) is 1. The SMILES string of the molecule is CCc1ccc(Cn2c(N)cc3ccccc3c2=O)s1. The van der Waals surface area contributed by atoms with Gasteiger partial charge >= 0.3 is 0 Å². The van der Waals surface area contributed by atoms with Crippen LogP contribution in [-0.4, -0.2) is 4.57 Å². The van der Waals surface area contributed by atoms with Gasteiger partial charge in [0.05, 0.1) is 6.54 Å². The fraction of sp³-hybridized carbons (Fsp3) is 0.188. The summed E-state index contributed by atoms with van der Waals surface area (Å²) in [6.07, 6.45) is 1.02. The summed E-state index contributed by atoms with van der Waals surface area (Å²) in [7, 11) is 0. The van der Waals surface area contributed by atoms with Gasteiger partial charge in [-0.3, -0.25) is 9.36 Å². The molecule has 0 fully saturated rings. The molecule has 0 aliphatic carbocycles. The number of anilines is 1. The van der Waals surface area contributed by atoms with Crippen LogP contribution < -0.4 is 11.3 Å². The molecule has 0 atom stereocenters. The Morgan fingerprint density at radius 3 is 2.65 bits per heavy atom. The maximum Gasteiger partial charge on any atom is 0.260 e. The van der Waals surface area contributed by atoms with Crippen LogP contribution in [0.15, 0.2) is 47.3 Å². The van der Waals surface area contributed by atoms with Gasteiger partial charge in [0.2, 0.25) is 0 Å². The zero-order chi connectivity index (χ0) is 14.1. The molecule has 102 valence electrons. The van der Waals surface area contributed by atoms with E-state index in [2.05, 4.69) is 19.1 Å². The Morgan fingerprint density at radius 1 is 1.15 bits per heavy atom. The highest BCUT2D eigenvalue weighted by Crippen LogP contribution is 2.20. The Morgan fingerprint density at radius 2 is 1.90 bits per heavy atom. The van der Waals surface area contributed by atoms with E-state index in [0.717, 1.165) is 16.7 Å². The van der Waals surface area contributed by atoms with Gasteiger partial charge < -0.3 is 5.73 Å². The van der Waals surface area contributed by atoms with Gasteiger partial charge in [-0.1, -0.05) is 25.1 Å². The van der Waals surface area contributed by atoms with Crippen LogP contribution in [0, 0.1) is 0 Å². The Labute approximate surface area is 121 Å². The maximum atomic E-state index is 12.5. The summed E-state index contributed by atoms with van der Waals surface area (Å²) in [5.74, 6) is 0.514. The van der Waals surface area contributed by atoms with Crippen molar-refractivity contribution in [2.45, 2.75) is 19.9 Å². The van der Waals surface area contributed by atoms with Gasteiger partial charge in [0.25, 0.3) is 5.56 Å². The van der Waals surface area contributed by atoms with Crippen molar-refractivity contribution in [3.8, 4) is 0 Å². The standard InChI is InChI=1S/C16H16N2OS/c1-2-12-7-8-13(20-12)10-18-15(17)9-11-5-3-4-6-14(11)16(18)19/h3-9H,2,10,17H2,1H3. The Balaban J connectivity index is 2.09. The van der Waals surface area contributed by atoms with Crippen molar-refractivity contribution in [1.82, 2.24) is 4.57 Å². The maximum absolute atomic E-state index is 12.5. The van der Waals surface area contributed by atoms with E-state index in [9.17, 15) is 4.79 Å². The van der Waals surface area contributed by atoms with Gasteiger partial charge in [0.15, 0.2) is 0 Å². The molecule has 4 heteroatoms. The van der Waals surface area contributed by atoms with E-state index < -0.39 is 0 Å². The second-order valence-corrected chi connectivity index (χ2v) is 6.02. The minimum Gasteiger partial charge on any atom is -0.385 e. The number of nitrogen functional groups attached to an aromatic ring is 1. The second-order valence-electron chi connectivity index (χ2n) is 4.77.